The Kier molecular flexibility index (Phi) is 5.90. The van der Waals surface area contributed by atoms with E-state index in [1.165, 1.54) is 12.8 Å². The van der Waals surface area contributed by atoms with Gasteiger partial charge in [-0.2, -0.15) is 0 Å². The molecule has 0 bridgehead atoms. The number of hydrogen-bond acceptors (Lipinski definition) is 3. The largest absolute Gasteiger partial charge is 0.385 e. The molecule has 17 heavy (non-hydrogen) atoms. The summed E-state index contributed by atoms with van der Waals surface area (Å²) in [5, 5.41) is 3.62. The van der Waals surface area contributed by atoms with E-state index in [9.17, 15) is 0 Å². The maximum atomic E-state index is 5.10. The fourth-order valence-corrected chi connectivity index (χ4v) is 2.43. The van der Waals surface area contributed by atoms with Crippen molar-refractivity contribution >= 4 is 0 Å². The molecule has 2 atom stereocenters. The van der Waals surface area contributed by atoms with Crippen LogP contribution in [-0.2, 0) is 4.74 Å². The molecule has 0 amide bonds. The van der Waals surface area contributed by atoms with Crippen LogP contribution in [-0.4, -0.2) is 50.3 Å². The molecule has 1 saturated carbocycles. The Morgan fingerprint density at radius 2 is 2.00 bits per heavy atom. The van der Waals surface area contributed by atoms with Gasteiger partial charge in [-0.15, -0.1) is 0 Å². The van der Waals surface area contributed by atoms with Crippen molar-refractivity contribution in [3.05, 3.63) is 0 Å². The fraction of sp³-hybridized carbons (Fsp3) is 1.00. The summed E-state index contributed by atoms with van der Waals surface area (Å²) >= 11 is 0. The van der Waals surface area contributed by atoms with Crippen LogP contribution in [0, 0.1) is 5.92 Å². The zero-order chi connectivity index (χ0) is 12.9. The van der Waals surface area contributed by atoms with Crippen LogP contribution in [0.1, 0.15) is 40.0 Å². The van der Waals surface area contributed by atoms with Gasteiger partial charge < -0.3 is 15.0 Å². The standard InChI is InChI=1S/C14H30N2O/c1-14(2,3)15-11-12-7-8-13(12)16(4)9-6-10-17-5/h12-13,15H,6-11H2,1-5H3. The van der Waals surface area contributed by atoms with Gasteiger partial charge in [0.25, 0.3) is 0 Å². The Morgan fingerprint density at radius 3 is 2.47 bits per heavy atom. The lowest BCUT2D eigenvalue weighted by Gasteiger charge is -2.44. The van der Waals surface area contributed by atoms with Gasteiger partial charge in [-0.1, -0.05) is 0 Å². The molecule has 0 aliphatic heterocycles. The topological polar surface area (TPSA) is 24.5 Å². The van der Waals surface area contributed by atoms with E-state index in [2.05, 4.69) is 38.0 Å². The van der Waals surface area contributed by atoms with Crippen LogP contribution >= 0.6 is 0 Å². The highest BCUT2D eigenvalue weighted by Crippen LogP contribution is 2.31. The van der Waals surface area contributed by atoms with E-state index in [1.807, 2.05) is 0 Å². The van der Waals surface area contributed by atoms with Crippen molar-refractivity contribution in [2.75, 3.05) is 33.9 Å². The first-order valence-electron chi connectivity index (χ1n) is 6.88. The average molecular weight is 242 g/mol. The third kappa shape index (κ3) is 5.36. The van der Waals surface area contributed by atoms with Gasteiger partial charge in [0, 0.05) is 31.8 Å². The van der Waals surface area contributed by atoms with Gasteiger partial charge in [0.15, 0.2) is 0 Å². The second-order valence-corrected chi connectivity index (χ2v) is 6.36. The highest BCUT2D eigenvalue weighted by atomic mass is 16.5. The van der Waals surface area contributed by atoms with Crippen molar-refractivity contribution in [1.82, 2.24) is 10.2 Å². The first kappa shape index (κ1) is 14.9. The van der Waals surface area contributed by atoms with Crippen molar-refractivity contribution < 1.29 is 4.74 Å². The van der Waals surface area contributed by atoms with Gasteiger partial charge in [-0.05, 0) is 59.5 Å². The summed E-state index contributed by atoms with van der Waals surface area (Å²) < 4.78 is 5.10. The first-order chi connectivity index (χ1) is 7.94. The molecular formula is C14H30N2O. The molecule has 1 rings (SSSR count). The molecular weight excluding hydrogens is 212 g/mol. The van der Waals surface area contributed by atoms with E-state index in [0.29, 0.717) is 0 Å². The molecule has 3 nitrogen and oxygen atoms in total. The van der Waals surface area contributed by atoms with E-state index >= 15 is 0 Å². The Labute approximate surface area is 107 Å². The predicted molar refractivity (Wildman–Crippen MR) is 73.4 cm³/mol. The lowest BCUT2D eigenvalue weighted by molar-refractivity contribution is 0.0708. The second kappa shape index (κ2) is 6.72. The highest BCUT2D eigenvalue weighted by molar-refractivity contribution is 4.90. The summed E-state index contributed by atoms with van der Waals surface area (Å²) in [6, 6.07) is 0.779. The fourth-order valence-electron chi connectivity index (χ4n) is 2.43. The SMILES string of the molecule is COCCCN(C)C1CCC1CNC(C)(C)C. The first-order valence-corrected chi connectivity index (χ1v) is 6.88. The summed E-state index contributed by atoms with van der Waals surface area (Å²) in [5.41, 5.74) is 0.245. The summed E-state index contributed by atoms with van der Waals surface area (Å²) in [7, 11) is 4.03. The van der Waals surface area contributed by atoms with Crippen LogP contribution in [0.3, 0.4) is 0 Å². The normalized spacial score (nSPS) is 25.1. The maximum Gasteiger partial charge on any atom is 0.0474 e. The van der Waals surface area contributed by atoms with E-state index < -0.39 is 0 Å². The van der Waals surface area contributed by atoms with Gasteiger partial charge in [0.05, 0.1) is 0 Å². The van der Waals surface area contributed by atoms with Gasteiger partial charge in [-0.3, -0.25) is 0 Å². The molecule has 0 radical (unpaired) electrons. The Bertz CT molecular complexity index is 213. The van der Waals surface area contributed by atoms with Gasteiger partial charge in [0.2, 0.25) is 0 Å². The molecule has 1 aliphatic carbocycles. The van der Waals surface area contributed by atoms with Crippen molar-refractivity contribution in [1.29, 1.82) is 0 Å². The summed E-state index contributed by atoms with van der Waals surface area (Å²) in [6.45, 7) is 9.91. The molecule has 1 aliphatic rings. The van der Waals surface area contributed by atoms with Crippen molar-refractivity contribution in [2.24, 2.45) is 5.92 Å². The molecule has 0 heterocycles. The average Bonchev–Trinajstić information content (AvgIpc) is 2.14. The molecule has 0 aromatic rings. The quantitative estimate of drug-likeness (QED) is 0.692. The van der Waals surface area contributed by atoms with Crippen LogP contribution in [0.25, 0.3) is 0 Å². The number of rotatable bonds is 7. The molecule has 1 N–H and O–H groups in total. The minimum Gasteiger partial charge on any atom is -0.385 e. The number of ether oxygens (including phenoxy) is 1. The summed E-state index contributed by atoms with van der Waals surface area (Å²) in [6.07, 6.45) is 3.88. The van der Waals surface area contributed by atoms with Crippen LogP contribution < -0.4 is 5.32 Å². The third-order valence-corrected chi connectivity index (χ3v) is 3.70. The monoisotopic (exact) mass is 242 g/mol. The Hall–Kier alpha value is -0.120. The van der Waals surface area contributed by atoms with Crippen molar-refractivity contribution in [3.63, 3.8) is 0 Å². The molecule has 0 saturated heterocycles. The zero-order valence-corrected chi connectivity index (χ0v) is 12.3. The molecule has 0 spiro atoms. The Balaban J connectivity index is 2.20. The molecule has 2 unspecified atom stereocenters. The zero-order valence-electron chi connectivity index (χ0n) is 12.3. The number of nitrogens with one attached hydrogen (secondary N) is 1. The lowest BCUT2D eigenvalue weighted by Crippen LogP contribution is -2.51. The third-order valence-electron chi connectivity index (χ3n) is 3.70. The van der Waals surface area contributed by atoms with Crippen LogP contribution in [0.4, 0.5) is 0 Å². The van der Waals surface area contributed by atoms with E-state index in [0.717, 1.165) is 38.1 Å². The molecule has 0 aromatic heterocycles. The number of nitrogens with zero attached hydrogens (tertiary/aromatic N) is 1. The minimum absolute atomic E-state index is 0.245. The molecule has 3 heteroatoms. The number of hydrogen-bond donors (Lipinski definition) is 1. The van der Waals surface area contributed by atoms with Crippen LogP contribution in [0.2, 0.25) is 0 Å². The van der Waals surface area contributed by atoms with E-state index in [-0.39, 0.29) is 5.54 Å². The molecule has 102 valence electrons. The van der Waals surface area contributed by atoms with Crippen molar-refractivity contribution in [2.45, 2.75) is 51.6 Å². The Morgan fingerprint density at radius 1 is 1.29 bits per heavy atom. The lowest BCUT2D eigenvalue weighted by atomic mass is 9.78. The van der Waals surface area contributed by atoms with Crippen molar-refractivity contribution in [3.8, 4) is 0 Å². The maximum absolute atomic E-state index is 5.10. The predicted octanol–water partition coefficient (Wildman–Crippen LogP) is 2.12. The smallest absolute Gasteiger partial charge is 0.0474 e. The van der Waals surface area contributed by atoms with Gasteiger partial charge >= 0.3 is 0 Å². The van der Waals surface area contributed by atoms with Crippen LogP contribution in [0.15, 0.2) is 0 Å². The second-order valence-electron chi connectivity index (χ2n) is 6.36. The van der Waals surface area contributed by atoms with Crippen LogP contribution in [0.5, 0.6) is 0 Å². The molecule has 1 fully saturated rings. The van der Waals surface area contributed by atoms with Gasteiger partial charge in [-0.25, -0.2) is 0 Å². The summed E-state index contributed by atoms with van der Waals surface area (Å²) in [4.78, 5) is 2.51. The van der Waals surface area contributed by atoms with E-state index in [4.69, 9.17) is 4.74 Å². The van der Waals surface area contributed by atoms with Gasteiger partial charge in [0.1, 0.15) is 0 Å². The minimum atomic E-state index is 0.245. The summed E-state index contributed by atoms with van der Waals surface area (Å²) in [5.74, 6) is 0.835. The van der Waals surface area contributed by atoms with E-state index in [1.54, 1.807) is 7.11 Å². The molecule has 0 aromatic carbocycles. The number of methoxy groups -OCH3 is 1. The highest BCUT2D eigenvalue weighted by Gasteiger charge is 2.33.